The lowest BCUT2D eigenvalue weighted by Gasteiger charge is -2.23. The lowest BCUT2D eigenvalue weighted by atomic mass is 10.1. The van der Waals surface area contributed by atoms with Gasteiger partial charge >= 0.3 is 5.97 Å². The van der Waals surface area contributed by atoms with Gasteiger partial charge in [-0.1, -0.05) is 6.92 Å². The van der Waals surface area contributed by atoms with Crippen LogP contribution in [0.5, 0.6) is 0 Å². The molecule has 0 radical (unpaired) electrons. The average molecular weight is 242 g/mol. The molecule has 1 aromatic heterocycles. The molecule has 0 aliphatic carbocycles. The summed E-state index contributed by atoms with van der Waals surface area (Å²) in [5.74, 6) is -0.867. The van der Waals surface area contributed by atoms with E-state index in [9.17, 15) is 4.79 Å². The normalized spacial score (nSPS) is 11.8. The van der Waals surface area contributed by atoms with Crippen molar-refractivity contribution in [3.05, 3.63) is 21.4 Å². The predicted molar refractivity (Wildman–Crippen MR) is 65.2 cm³/mol. The maximum absolute atomic E-state index is 10.8. The van der Waals surface area contributed by atoms with E-state index in [-0.39, 0.29) is 5.60 Å². The second-order valence-corrected chi connectivity index (χ2v) is 5.66. The molecule has 1 aromatic rings. The number of aryl methyl sites for hydroxylation is 1. The van der Waals surface area contributed by atoms with E-state index in [0.717, 1.165) is 16.9 Å². The van der Waals surface area contributed by atoms with Crippen molar-refractivity contribution in [2.75, 3.05) is 0 Å². The molecule has 0 unspecified atom stereocenters. The van der Waals surface area contributed by atoms with Gasteiger partial charge < -0.3 is 9.84 Å². The van der Waals surface area contributed by atoms with Crippen molar-refractivity contribution in [2.45, 2.75) is 46.3 Å². The van der Waals surface area contributed by atoms with Crippen LogP contribution in [0.2, 0.25) is 0 Å². The van der Waals surface area contributed by atoms with E-state index in [1.54, 1.807) is 6.07 Å². The molecule has 0 aromatic carbocycles. The Bertz CT molecular complexity index is 380. The van der Waals surface area contributed by atoms with E-state index in [2.05, 4.69) is 6.92 Å². The molecule has 0 bridgehead atoms. The van der Waals surface area contributed by atoms with Crippen LogP contribution in [0.1, 0.15) is 47.3 Å². The molecule has 1 N–H and O–H groups in total. The number of aromatic carboxylic acids is 1. The number of carbonyl (C=O) groups is 1. The number of hydrogen-bond acceptors (Lipinski definition) is 3. The van der Waals surface area contributed by atoms with Crippen LogP contribution >= 0.6 is 11.3 Å². The molecule has 0 aliphatic rings. The lowest BCUT2D eigenvalue weighted by molar-refractivity contribution is -0.0316. The molecule has 0 atom stereocenters. The summed E-state index contributed by atoms with van der Waals surface area (Å²) in [6, 6.07) is 1.70. The summed E-state index contributed by atoms with van der Waals surface area (Å²) in [4.78, 5) is 12.2. The van der Waals surface area contributed by atoms with Gasteiger partial charge in [-0.25, -0.2) is 4.79 Å². The number of thiophene rings is 1. The van der Waals surface area contributed by atoms with Crippen LogP contribution < -0.4 is 0 Å². The number of hydrogen-bond donors (Lipinski definition) is 1. The summed E-state index contributed by atoms with van der Waals surface area (Å²) in [5.41, 5.74) is 0.821. The Hall–Kier alpha value is -0.870. The van der Waals surface area contributed by atoms with Crippen LogP contribution in [0.4, 0.5) is 0 Å². The molecule has 1 heterocycles. The zero-order valence-electron chi connectivity index (χ0n) is 10.2. The van der Waals surface area contributed by atoms with Crippen molar-refractivity contribution in [2.24, 2.45) is 0 Å². The van der Waals surface area contributed by atoms with Gasteiger partial charge in [-0.2, -0.15) is 0 Å². The van der Waals surface area contributed by atoms with Gasteiger partial charge in [0.25, 0.3) is 0 Å². The highest BCUT2D eigenvalue weighted by atomic mass is 32.1. The van der Waals surface area contributed by atoms with Crippen LogP contribution in [0.3, 0.4) is 0 Å². The second-order valence-electron chi connectivity index (χ2n) is 4.40. The molecule has 0 fully saturated rings. The second kappa shape index (κ2) is 4.97. The number of carboxylic acid groups (broad SMARTS) is 1. The Morgan fingerprint density at radius 3 is 2.62 bits per heavy atom. The molecule has 1 rings (SSSR count). The summed E-state index contributed by atoms with van der Waals surface area (Å²) in [6.07, 6.45) is 0.933. The molecule has 0 aliphatic heterocycles. The summed E-state index contributed by atoms with van der Waals surface area (Å²) in [5, 5.41) is 8.87. The van der Waals surface area contributed by atoms with Crippen molar-refractivity contribution in [3.63, 3.8) is 0 Å². The molecule has 0 amide bonds. The summed E-state index contributed by atoms with van der Waals surface area (Å²) in [7, 11) is 0. The van der Waals surface area contributed by atoms with Crippen LogP contribution in [0.15, 0.2) is 6.07 Å². The zero-order chi connectivity index (χ0) is 12.3. The predicted octanol–water partition coefficient (Wildman–Crippen LogP) is 3.46. The van der Waals surface area contributed by atoms with Crippen molar-refractivity contribution >= 4 is 17.3 Å². The average Bonchev–Trinajstić information content (AvgIpc) is 2.57. The first kappa shape index (κ1) is 13.2. The van der Waals surface area contributed by atoms with Crippen LogP contribution in [-0.2, 0) is 11.3 Å². The Kier molecular flexibility index (Phi) is 4.10. The first-order valence-electron chi connectivity index (χ1n) is 5.32. The number of rotatable bonds is 5. The first-order chi connectivity index (χ1) is 7.35. The van der Waals surface area contributed by atoms with Gasteiger partial charge in [0, 0.05) is 4.88 Å². The smallest absolute Gasteiger partial charge is 0.345 e. The van der Waals surface area contributed by atoms with Crippen molar-refractivity contribution in [1.29, 1.82) is 0 Å². The van der Waals surface area contributed by atoms with Crippen LogP contribution in [-0.4, -0.2) is 16.7 Å². The minimum Gasteiger partial charge on any atom is -0.477 e. The van der Waals surface area contributed by atoms with Gasteiger partial charge in [-0.05, 0) is 38.8 Å². The van der Waals surface area contributed by atoms with Crippen LogP contribution in [0, 0.1) is 6.92 Å². The summed E-state index contributed by atoms with van der Waals surface area (Å²) in [6.45, 7) is 8.55. The van der Waals surface area contributed by atoms with E-state index < -0.39 is 5.97 Å². The Labute approximate surface area is 100 Å². The fraction of sp³-hybridized carbons (Fsp3) is 0.583. The van der Waals surface area contributed by atoms with Gasteiger partial charge in [-0.3, -0.25) is 0 Å². The third kappa shape index (κ3) is 3.32. The molecule has 0 saturated carbocycles. The fourth-order valence-corrected chi connectivity index (χ4v) is 2.01. The standard InChI is InChI=1S/C12H18O3S/c1-5-12(3,4)15-7-9-6-10(11(13)14)16-8(9)2/h6H,5,7H2,1-4H3,(H,13,14). The molecule has 90 valence electrons. The van der Waals surface area contributed by atoms with Gasteiger partial charge in [-0.15, -0.1) is 11.3 Å². The van der Waals surface area contributed by atoms with Gasteiger partial charge in [0.05, 0.1) is 12.2 Å². The lowest BCUT2D eigenvalue weighted by Crippen LogP contribution is -2.22. The largest absolute Gasteiger partial charge is 0.477 e. The summed E-state index contributed by atoms with van der Waals surface area (Å²) < 4.78 is 5.75. The maximum atomic E-state index is 10.8. The monoisotopic (exact) mass is 242 g/mol. The summed E-state index contributed by atoms with van der Waals surface area (Å²) >= 11 is 1.30. The van der Waals surface area contributed by atoms with E-state index in [4.69, 9.17) is 9.84 Å². The molecule has 4 heteroatoms. The van der Waals surface area contributed by atoms with Crippen molar-refractivity contribution < 1.29 is 14.6 Å². The Balaban J connectivity index is 2.71. The van der Waals surface area contributed by atoms with Gasteiger partial charge in [0.2, 0.25) is 0 Å². The SMILES string of the molecule is CCC(C)(C)OCc1cc(C(=O)O)sc1C. The highest BCUT2D eigenvalue weighted by Gasteiger charge is 2.17. The number of ether oxygens (including phenoxy) is 1. The Morgan fingerprint density at radius 2 is 2.19 bits per heavy atom. The molecule has 16 heavy (non-hydrogen) atoms. The quantitative estimate of drug-likeness (QED) is 0.860. The molecular weight excluding hydrogens is 224 g/mol. The van der Waals surface area contributed by atoms with Gasteiger partial charge in [0.1, 0.15) is 4.88 Å². The molecule has 0 saturated heterocycles. The van der Waals surface area contributed by atoms with Gasteiger partial charge in [0.15, 0.2) is 0 Å². The topological polar surface area (TPSA) is 46.5 Å². The Morgan fingerprint density at radius 1 is 1.56 bits per heavy atom. The molecule has 3 nitrogen and oxygen atoms in total. The fourth-order valence-electron chi connectivity index (χ4n) is 1.14. The maximum Gasteiger partial charge on any atom is 0.345 e. The van der Waals surface area contributed by atoms with E-state index >= 15 is 0 Å². The van der Waals surface area contributed by atoms with Crippen molar-refractivity contribution in [3.8, 4) is 0 Å². The minimum absolute atomic E-state index is 0.155. The third-order valence-corrected chi connectivity index (χ3v) is 3.78. The zero-order valence-corrected chi connectivity index (χ0v) is 11.0. The van der Waals surface area contributed by atoms with E-state index in [1.165, 1.54) is 11.3 Å². The molecular formula is C12H18O3S. The highest BCUT2D eigenvalue weighted by Crippen LogP contribution is 2.24. The third-order valence-electron chi connectivity index (χ3n) is 2.70. The minimum atomic E-state index is -0.867. The van der Waals surface area contributed by atoms with E-state index in [1.807, 2.05) is 20.8 Å². The first-order valence-corrected chi connectivity index (χ1v) is 6.14. The highest BCUT2D eigenvalue weighted by molar-refractivity contribution is 7.14. The number of carboxylic acids is 1. The van der Waals surface area contributed by atoms with Crippen molar-refractivity contribution in [1.82, 2.24) is 0 Å². The molecule has 0 spiro atoms. The van der Waals surface area contributed by atoms with Crippen LogP contribution in [0.25, 0.3) is 0 Å². The van der Waals surface area contributed by atoms with E-state index in [0.29, 0.717) is 11.5 Å².